The Hall–Kier alpha value is -2.30. The fourth-order valence-electron chi connectivity index (χ4n) is 4.07. The van der Waals surface area contributed by atoms with Gasteiger partial charge < -0.3 is 15.2 Å². The molecule has 4 rings (SSSR count). The fourth-order valence-corrected chi connectivity index (χ4v) is 4.07. The van der Waals surface area contributed by atoms with Gasteiger partial charge in [-0.2, -0.15) is 0 Å². The van der Waals surface area contributed by atoms with E-state index in [1.165, 1.54) is 0 Å². The Morgan fingerprint density at radius 2 is 1.86 bits per heavy atom. The van der Waals surface area contributed by atoms with Crippen LogP contribution in [0.15, 0.2) is 36.4 Å². The lowest BCUT2D eigenvalue weighted by atomic mass is 9.82. The minimum absolute atomic E-state index is 0.00892. The molecule has 2 bridgehead atoms. The van der Waals surface area contributed by atoms with Gasteiger partial charge in [-0.15, -0.1) is 0 Å². The summed E-state index contributed by atoms with van der Waals surface area (Å²) in [5.74, 6) is -1.30. The van der Waals surface area contributed by atoms with E-state index in [0.717, 1.165) is 17.7 Å². The maximum absolute atomic E-state index is 12.7. The van der Waals surface area contributed by atoms with Crippen LogP contribution in [0.3, 0.4) is 0 Å². The number of aliphatic carboxylic acids is 1. The number of fused-ring (bicyclic) bond motifs is 3. The first kappa shape index (κ1) is 13.4. The lowest BCUT2D eigenvalue weighted by Gasteiger charge is -2.25. The lowest BCUT2D eigenvalue weighted by Crippen LogP contribution is -2.42. The number of carboxylic acid groups (broad SMARTS) is 1. The highest BCUT2D eigenvalue weighted by atomic mass is 16.5. The van der Waals surface area contributed by atoms with Gasteiger partial charge in [-0.25, -0.2) is 0 Å². The standard InChI is InChI=1S/C17H17NO4/c19-16(14-9-5-6-10(7-9)15(14)17(20)21)18-12-8-22-13-4-2-1-3-11(12)13/h1-6,9-10,12,14-15H,7-8H2,(H,18,19)(H,20,21). The Morgan fingerprint density at radius 1 is 1.14 bits per heavy atom. The molecule has 5 heteroatoms. The number of carboxylic acids is 1. The third-order valence-corrected chi connectivity index (χ3v) is 5.06. The SMILES string of the molecule is O=C(O)C1C2C=CC(C2)C1C(=O)NC1COc2ccccc21. The molecule has 22 heavy (non-hydrogen) atoms. The van der Waals surface area contributed by atoms with Crippen LogP contribution in [0, 0.1) is 23.7 Å². The predicted molar refractivity (Wildman–Crippen MR) is 78.2 cm³/mol. The molecule has 1 fully saturated rings. The maximum Gasteiger partial charge on any atom is 0.307 e. The summed E-state index contributed by atoms with van der Waals surface area (Å²) >= 11 is 0. The van der Waals surface area contributed by atoms with Gasteiger partial charge in [0.1, 0.15) is 12.4 Å². The molecule has 2 N–H and O–H groups in total. The second-order valence-electron chi connectivity index (χ2n) is 6.25. The summed E-state index contributed by atoms with van der Waals surface area (Å²) in [6.45, 7) is 0.402. The molecule has 0 aromatic heterocycles. The van der Waals surface area contributed by atoms with Crippen molar-refractivity contribution in [1.29, 1.82) is 0 Å². The molecule has 1 heterocycles. The number of hydrogen-bond acceptors (Lipinski definition) is 3. The predicted octanol–water partition coefficient (Wildman–Crippen LogP) is 1.76. The van der Waals surface area contributed by atoms with Crippen molar-refractivity contribution in [2.75, 3.05) is 6.61 Å². The van der Waals surface area contributed by atoms with Gasteiger partial charge in [0.05, 0.1) is 17.9 Å². The third-order valence-electron chi connectivity index (χ3n) is 5.06. The Balaban J connectivity index is 1.54. The number of para-hydroxylation sites is 1. The van der Waals surface area contributed by atoms with Gasteiger partial charge in [0.15, 0.2) is 0 Å². The number of allylic oxidation sites excluding steroid dienone is 2. The molecule has 1 aromatic carbocycles. The van der Waals surface area contributed by atoms with Crippen LogP contribution in [0.5, 0.6) is 5.75 Å². The molecule has 3 aliphatic rings. The van der Waals surface area contributed by atoms with Gasteiger partial charge >= 0.3 is 5.97 Å². The summed E-state index contributed by atoms with van der Waals surface area (Å²) in [6, 6.07) is 7.42. The summed E-state index contributed by atoms with van der Waals surface area (Å²) < 4.78 is 5.57. The van der Waals surface area contributed by atoms with Crippen LogP contribution in [0.4, 0.5) is 0 Å². The van der Waals surface area contributed by atoms with E-state index in [1.807, 2.05) is 36.4 Å². The zero-order valence-electron chi connectivity index (χ0n) is 11.9. The quantitative estimate of drug-likeness (QED) is 0.834. The smallest absolute Gasteiger partial charge is 0.307 e. The van der Waals surface area contributed by atoms with Crippen LogP contribution in [0.25, 0.3) is 0 Å². The van der Waals surface area contributed by atoms with Crippen molar-refractivity contribution in [3.63, 3.8) is 0 Å². The summed E-state index contributed by atoms with van der Waals surface area (Å²) in [6.07, 6.45) is 4.71. The van der Waals surface area contributed by atoms with E-state index in [2.05, 4.69) is 5.32 Å². The zero-order chi connectivity index (χ0) is 15.3. The molecule has 5 nitrogen and oxygen atoms in total. The molecule has 1 saturated carbocycles. The van der Waals surface area contributed by atoms with Crippen LogP contribution >= 0.6 is 0 Å². The number of nitrogens with one attached hydrogen (secondary N) is 1. The minimum Gasteiger partial charge on any atom is -0.491 e. The Kier molecular flexibility index (Phi) is 2.96. The van der Waals surface area contributed by atoms with Crippen LogP contribution in [0.2, 0.25) is 0 Å². The van der Waals surface area contributed by atoms with Crippen LogP contribution < -0.4 is 10.1 Å². The van der Waals surface area contributed by atoms with Gasteiger partial charge in [-0.1, -0.05) is 30.4 Å². The second kappa shape index (κ2) is 4.87. The molecule has 1 aromatic rings. The van der Waals surface area contributed by atoms with Gasteiger partial charge in [0.2, 0.25) is 5.91 Å². The Labute approximate surface area is 128 Å². The molecule has 0 spiro atoms. The van der Waals surface area contributed by atoms with E-state index in [4.69, 9.17) is 4.74 Å². The number of carbonyl (C=O) groups excluding carboxylic acids is 1. The Morgan fingerprint density at radius 3 is 2.64 bits per heavy atom. The van der Waals surface area contributed by atoms with Crippen molar-refractivity contribution in [2.45, 2.75) is 12.5 Å². The largest absolute Gasteiger partial charge is 0.491 e. The van der Waals surface area contributed by atoms with E-state index >= 15 is 0 Å². The first-order valence-electron chi connectivity index (χ1n) is 7.58. The highest BCUT2D eigenvalue weighted by molar-refractivity contribution is 5.87. The average Bonchev–Trinajstić information content (AvgIpc) is 3.21. The first-order valence-corrected chi connectivity index (χ1v) is 7.58. The van der Waals surface area contributed by atoms with E-state index in [1.54, 1.807) is 0 Å². The summed E-state index contributed by atoms with van der Waals surface area (Å²) in [5, 5.41) is 12.4. The molecule has 5 atom stereocenters. The minimum atomic E-state index is -0.875. The molecule has 0 radical (unpaired) electrons. The van der Waals surface area contributed by atoms with E-state index in [9.17, 15) is 14.7 Å². The lowest BCUT2D eigenvalue weighted by molar-refractivity contribution is -0.148. The van der Waals surface area contributed by atoms with Crippen molar-refractivity contribution >= 4 is 11.9 Å². The molecular formula is C17H17NO4. The van der Waals surface area contributed by atoms with Crippen molar-refractivity contribution in [1.82, 2.24) is 5.32 Å². The van der Waals surface area contributed by atoms with Gasteiger partial charge in [-0.3, -0.25) is 9.59 Å². The van der Waals surface area contributed by atoms with Gasteiger partial charge in [-0.05, 0) is 24.3 Å². The third kappa shape index (κ3) is 1.92. The highest BCUT2D eigenvalue weighted by Crippen LogP contribution is 2.48. The molecule has 5 unspecified atom stereocenters. The van der Waals surface area contributed by atoms with Crippen LogP contribution in [-0.2, 0) is 9.59 Å². The number of amides is 1. The summed E-state index contributed by atoms with van der Waals surface area (Å²) in [4.78, 5) is 24.2. The monoisotopic (exact) mass is 299 g/mol. The summed E-state index contributed by atoms with van der Waals surface area (Å²) in [7, 11) is 0. The van der Waals surface area contributed by atoms with Gasteiger partial charge in [0.25, 0.3) is 0 Å². The fraction of sp³-hybridized carbons (Fsp3) is 0.412. The van der Waals surface area contributed by atoms with E-state index in [-0.39, 0.29) is 23.8 Å². The number of benzene rings is 1. The maximum atomic E-state index is 12.7. The molecule has 1 amide bonds. The second-order valence-corrected chi connectivity index (χ2v) is 6.25. The molecule has 114 valence electrons. The van der Waals surface area contributed by atoms with E-state index < -0.39 is 17.8 Å². The first-order chi connectivity index (χ1) is 10.6. The molecule has 0 saturated heterocycles. The average molecular weight is 299 g/mol. The Bertz CT molecular complexity index is 668. The van der Waals surface area contributed by atoms with Crippen LogP contribution in [0.1, 0.15) is 18.0 Å². The molecule has 1 aliphatic heterocycles. The number of carbonyl (C=O) groups is 2. The van der Waals surface area contributed by atoms with Crippen molar-refractivity contribution in [2.24, 2.45) is 23.7 Å². The van der Waals surface area contributed by atoms with Crippen molar-refractivity contribution < 1.29 is 19.4 Å². The normalized spacial score (nSPS) is 34.3. The van der Waals surface area contributed by atoms with Crippen LogP contribution in [-0.4, -0.2) is 23.6 Å². The van der Waals surface area contributed by atoms with E-state index in [0.29, 0.717) is 6.61 Å². The molecular weight excluding hydrogens is 282 g/mol. The number of hydrogen-bond donors (Lipinski definition) is 2. The number of rotatable bonds is 3. The van der Waals surface area contributed by atoms with Crippen molar-refractivity contribution in [3.8, 4) is 5.75 Å². The van der Waals surface area contributed by atoms with Gasteiger partial charge in [0, 0.05) is 5.56 Å². The molecule has 2 aliphatic carbocycles. The summed E-state index contributed by atoms with van der Waals surface area (Å²) in [5.41, 5.74) is 0.960. The zero-order valence-corrected chi connectivity index (χ0v) is 11.9. The highest BCUT2D eigenvalue weighted by Gasteiger charge is 2.52. The number of ether oxygens (including phenoxy) is 1. The topological polar surface area (TPSA) is 75.6 Å². The van der Waals surface area contributed by atoms with Crippen molar-refractivity contribution in [3.05, 3.63) is 42.0 Å².